The second-order valence-corrected chi connectivity index (χ2v) is 4.88. The molecule has 0 bridgehead atoms. The lowest BCUT2D eigenvalue weighted by Gasteiger charge is -2.14. The van der Waals surface area contributed by atoms with Gasteiger partial charge in [-0.1, -0.05) is 0 Å². The lowest BCUT2D eigenvalue weighted by atomic mass is 10.1. The molecular formula is C14H15FN2O. The summed E-state index contributed by atoms with van der Waals surface area (Å²) in [5, 5.41) is 0.871. The molecule has 0 aliphatic carbocycles. The average molecular weight is 246 g/mol. The molecule has 0 saturated heterocycles. The van der Waals surface area contributed by atoms with Crippen molar-refractivity contribution in [2.24, 2.45) is 7.05 Å². The van der Waals surface area contributed by atoms with E-state index in [9.17, 15) is 9.18 Å². The van der Waals surface area contributed by atoms with Gasteiger partial charge >= 0.3 is 0 Å². The van der Waals surface area contributed by atoms with Gasteiger partial charge in [0.15, 0.2) is 0 Å². The number of nitrogens with zero attached hydrogens (tertiary/aromatic N) is 2. The SMILES string of the molecule is CN1CCCc2c(n(C)c3ccc(F)cc23)C1=O. The molecule has 2 aromatic rings. The van der Waals surface area contributed by atoms with Crippen LogP contribution in [0.3, 0.4) is 0 Å². The van der Waals surface area contributed by atoms with E-state index in [2.05, 4.69) is 0 Å². The van der Waals surface area contributed by atoms with Gasteiger partial charge in [-0.2, -0.15) is 0 Å². The van der Waals surface area contributed by atoms with Crippen molar-refractivity contribution in [1.82, 2.24) is 9.47 Å². The molecule has 94 valence electrons. The van der Waals surface area contributed by atoms with Crippen LogP contribution in [0.4, 0.5) is 4.39 Å². The van der Waals surface area contributed by atoms with E-state index in [1.807, 2.05) is 18.7 Å². The van der Waals surface area contributed by atoms with E-state index >= 15 is 0 Å². The Balaban J connectivity index is 2.36. The van der Waals surface area contributed by atoms with Gasteiger partial charge in [-0.3, -0.25) is 4.79 Å². The summed E-state index contributed by atoms with van der Waals surface area (Å²) in [6.07, 6.45) is 1.75. The van der Waals surface area contributed by atoms with Gasteiger partial charge in [0.25, 0.3) is 5.91 Å². The molecule has 0 unspecified atom stereocenters. The zero-order chi connectivity index (χ0) is 12.9. The van der Waals surface area contributed by atoms with E-state index in [4.69, 9.17) is 0 Å². The first-order valence-corrected chi connectivity index (χ1v) is 6.12. The monoisotopic (exact) mass is 246 g/mol. The Morgan fingerprint density at radius 2 is 2.06 bits per heavy atom. The first kappa shape index (κ1) is 11.3. The summed E-state index contributed by atoms with van der Waals surface area (Å²) in [6, 6.07) is 4.72. The molecule has 3 nitrogen and oxygen atoms in total. The number of hydrogen-bond acceptors (Lipinski definition) is 1. The fraction of sp³-hybridized carbons (Fsp3) is 0.357. The molecule has 0 atom stereocenters. The molecule has 0 radical (unpaired) electrons. The Kier molecular flexibility index (Phi) is 2.40. The van der Waals surface area contributed by atoms with Gasteiger partial charge in [0, 0.05) is 31.5 Å². The minimum absolute atomic E-state index is 0.0293. The van der Waals surface area contributed by atoms with Gasteiger partial charge in [0.2, 0.25) is 0 Å². The number of aromatic nitrogens is 1. The van der Waals surface area contributed by atoms with E-state index in [0.717, 1.165) is 35.9 Å². The topological polar surface area (TPSA) is 25.2 Å². The summed E-state index contributed by atoms with van der Waals surface area (Å²) < 4.78 is 15.3. The van der Waals surface area contributed by atoms with Crippen LogP contribution < -0.4 is 0 Å². The number of aryl methyl sites for hydroxylation is 2. The summed E-state index contributed by atoms with van der Waals surface area (Å²) in [5.41, 5.74) is 2.61. The molecule has 1 aromatic heterocycles. The summed E-state index contributed by atoms with van der Waals surface area (Å²) in [4.78, 5) is 14.1. The van der Waals surface area contributed by atoms with Crippen LogP contribution in [0.25, 0.3) is 10.9 Å². The van der Waals surface area contributed by atoms with Crippen molar-refractivity contribution in [1.29, 1.82) is 0 Å². The average Bonchev–Trinajstić information content (AvgIpc) is 2.51. The smallest absolute Gasteiger partial charge is 0.270 e. The summed E-state index contributed by atoms with van der Waals surface area (Å²) in [7, 11) is 3.69. The predicted molar refractivity (Wildman–Crippen MR) is 68.2 cm³/mol. The molecule has 3 rings (SSSR count). The molecule has 2 heterocycles. The molecular weight excluding hydrogens is 231 g/mol. The molecule has 4 heteroatoms. The zero-order valence-corrected chi connectivity index (χ0v) is 10.5. The lowest BCUT2D eigenvalue weighted by Crippen LogP contribution is -2.27. The third-order valence-electron chi connectivity index (χ3n) is 3.74. The van der Waals surface area contributed by atoms with Crippen LogP contribution in [0, 0.1) is 5.82 Å². The number of fused-ring (bicyclic) bond motifs is 3. The summed E-state index contributed by atoms with van der Waals surface area (Å²) >= 11 is 0. The minimum atomic E-state index is -0.249. The van der Waals surface area contributed by atoms with E-state index < -0.39 is 0 Å². The van der Waals surface area contributed by atoms with Crippen LogP contribution in [-0.2, 0) is 13.5 Å². The molecule has 1 aromatic carbocycles. The minimum Gasteiger partial charge on any atom is -0.340 e. The van der Waals surface area contributed by atoms with Crippen molar-refractivity contribution in [2.45, 2.75) is 12.8 Å². The quantitative estimate of drug-likeness (QED) is 0.700. The molecule has 0 spiro atoms. The summed E-state index contributed by atoms with van der Waals surface area (Å²) in [5.74, 6) is -0.220. The van der Waals surface area contributed by atoms with Gasteiger partial charge in [-0.15, -0.1) is 0 Å². The van der Waals surface area contributed by atoms with Gasteiger partial charge < -0.3 is 9.47 Å². The van der Waals surface area contributed by atoms with Crippen molar-refractivity contribution >= 4 is 16.8 Å². The number of rotatable bonds is 0. The second-order valence-electron chi connectivity index (χ2n) is 4.88. The normalized spacial score (nSPS) is 15.9. The van der Waals surface area contributed by atoms with Gasteiger partial charge in [-0.05, 0) is 36.6 Å². The second kappa shape index (κ2) is 3.83. The number of halogens is 1. The van der Waals surface area contributed by atoms with Crippen molar-refractivity contribution in [3.05, 3.63) is 35.3 Å². The highest BCUT2D eigenvalue weighted by Crippen LogP contribution is 2.29. The maximum Gasteiger partial charge on any atom is 0.270 e. The Morgan fingerprint density at radius 1 is 1.28 bits per heavy atom. The molecule has 0 saturated carbocycles. The largest absolute Gasteiger partial charge is 0.340 e. The highest BCUT2D eigenvalue weighted by atomic mass is 19.1. The molecule has 0 N–H and O–H groups in total. The number of hydrogen-bond donors (Lipinski definition) is 0. The molecule has 1 amide bonds. The molecule has 0 fully saturated rings. The highest BCUT2D eigenvalue weighted by Gasteiger charge is 2.26. The van der Waals surface area contributed by atoms with Gasteiger partial charge in [0.05, 0.1) is 0 Å². The number of benzene rings is 1. The Hall–Kier alpha value is -1.84. The van der Waals surface area contributed by atoms with Crippen molar-refractivity contribution in [2.75, 3.05) is 13.6 Å². The van der Waals surface area contributed by atoms with Crippen LogP contribution in [0.1, 0.15) is 22.5 Å². The third-order valence-corrected chi connectivity index (χ3v) is 3.74. The summed E-state index contributed by atoms with van der Waals surface area (Å²) in [6.45, 7) is 0.754. The molecule has 1 aliphatic rings. The molecule has 1 aliphatic heterocycles. The fourth-order valence-electron chi connectivity index (χ4n) is 2.79. The van der Waals surface area contributed by atoms with E-state index in [0.29, 0.717) is 5.69 Å². The first-order chi connectivity index (χ1) is 8.59. The van der Waals surface area contributed by atoms with Gasteiger partial charge in [0.1, 0.15) is 11.5 Å². The Labute approximate surface area is 105 Å². The number of carbonyl (C=O) groups is 1. The van der Waals surface area contributed by atoms with Crippen LogP contribution in [0.2, 0.25) is 0 Å². The van der Waals surface area contributed by atoms with Crippen LogP contribution in [0.15, 0.2) is 18.2 Å². The highest BCUT2D eigenvalue weighted by molar-refractivity contribution is 6.02. The zero-order valence-electron chi connectivity index (χ0n) is 10.5. The van der Waals surface area contributed by atoms with Crippen LogP contribution in [-0.4, -0.2) is 29.0 Å². The molecule has 18 heavy (non-hydrogen) atoms. The van der Waals surface area contributed by atoms with E-state index in [1.54, 1.807) is 11.0 Å². The maximum absolute atomic E-state index is 13.4. The van der Waals surface area contributed by atoms with E-state index in [1.165, 1.54) is 12.1 Å². The number of amides is 1. The standard InChI is InChI=1S/C14H15FN2O/c1-16-7-3-4-10-11-8-9(15)5-6-12(11)17(2)13(10)14(16)18/h5-6,8H,3-4,7H2,1-2H3. The van der Waals surface area contributed by atoms with Crippen molar-refractivity contribution in [3.8, 4) is 0 Å². The van der Waals surface area contributed by atoms with Crippen LogP contribution in [0.5, 0.6) is 0 Å². The number of carbonyl (C=O) groups excluding carboxylic acids is 1. The Morgan fingerprint density at radius 3 is 2.83 bits per heavy atom. The van der Waals surface area contributed by atoms with E-state index in [-0.39, 0.29) is 11.7 Å². The fourth-order valence-corrected chi connectivity index (χ4v) is 2.79. The predicted octanol–water partition coefficient (Wildman–Crippen LogP) is 2.34. The third kappa shape index (κ3) is 1.45. The Bertz CT molecular complexity index is 645. The lowest BCUT2D eigenvalue weighted by molar-refractivity contribution is 0.0791. The maximum atomic E-state index is 13.4. The first-order valence-electron chi connectivity index (χ1n) is 6.12. The van der Waals surface area contributed by atoms with Crippen molar-refractivity contribution in [3.63, 3.8) is 0 Å². The van der Waals surface area contributed by atoms with Gasteiger partial charge in [-0.25, -0.2) is 4.39 Å². The van der Waals surface area contributed by atoms with Crippen LogP contribution >= 0.6 is 0 Å². The van der Waals surface area contributed by atoms with Crippen molar-refractivity contribution < 1.29 is 9.18 Å².